The quantitative estimate of drug-likeness (QED) is 0.228. The molecule has 0 radical (unpaired) electrons. The molecular formula is C23H30N4O5S. The lowest BCUT2D eigenvalue weighted by Gasteiger charge is -2.30. The van der Waals surface area contributed by atoms with Gasteiger partial charge in [-0.3, -0.25) is 29.3 Å². The molecule has 0 bridgehead atoms. The van der Waals surface area contributed by atoms with Crippen molar-refractivity contribution in [2.24, 2.45) is 0 Å². The van der Waals surface area contributed by atoms with Crippen LogP contribution in [0.15, 0.2) is 18.2 Å². The Hall–Kier alpha value is -2.88. The number of hydrogen-bond acceptors (Lipinski definition) is 7. The number of rotatable bonds is 8. The summed E-state index contributed by atoms with van der Waals surface area (Å²) in [6.07, 6.45) is 3.74. The third-order valence-electron chi connectivity index (χ3n) is 6.14. The molecule has 33 heavy (non-hydrogen) atoms. The highest BCUT2D eigenvalue weighted by atomic mass is 32.1. The summed E-state index contributed by atoms with van der Waals surface area (Å²) in [6.45, 7) is 1.90. The minimum Gasteiger partial charge on any atom is -0.384 e. The van der Waals surface area contributed by atoms with E-state index >= 15 is 0 Å². The van der Waals surface area contributed by atoms with E-state index in [9.17, 15) is 24.0 Å². The molecule has 1 atom stereocenters. The first kappa shape index (κ1) is 24.8. The molecule has 1 unspecified atom stereocenters. The summed E-state index contributed by atoms with van der Waals surface area (Å²) in [5.41, 5.74) is 0.837. The zero-order valence-corrected chi connectivity index (χ0v) is 19.6. The van der Waals surface area contributed by atoms with Gasteiger partial charge in [0.1, 0.15) is 6.04 Å². The lowest BCUT2D eigenvalue weighted by Crippen LogP contribution is -2.53. The molecule has 2 saturated heterocycles. The molecule has 0 spiro atoms. The second kappa shape index (κ2) is 11.3. The van der Waals surface area contributed by atoms with Gasteiger partial charge in [0.2, 0.25) is 17.7 Å². The number of carbonyl (C=O) groups is 5. The van der Waals surface area contributed by atoms with Crippen LogP contribution in [0.2, 0.25) is 0 Å². The first-order valence-corrected chi connectivity index (χ1v) is 11.7. The third kappa shape index (κ3) is 6.13. The van der Waals surface area contributed by atoms with Crippen molar-refractivity contribution in [1.29, 1.82) is 0 Å². The number of nitrogens with one attached hydrogen (secondary N) is 2. The Kier molecular flexibility index (Phi) is 8.49. The first-order valence-electron chi connectivity index (χ1n) is 11.2. The zero-order valence-electron chi connectivity index (χ0n) is 18.7. The number of thiol groups is 1. The number of likely N-dealkylation sites (N-methyl/N-ethyl adjacent to an activating group) is 1. The summed E-state index contributed by atoms with van der Waals surface area (Å²) in [6, 6.07) is 4.11. The molecular weight excluding hydrogens is 444 g/mol. The lowest BCUT2D eigenvalue weighted by atomic mass is 10.0. The second-order valence-corrected chi connectivity index (χ2v) is 9.14. The summed E-state index contributed by atoms with van der Waals surface area (Å²) < 4.78 is 0. The normalized spacial score (nSPS) is 19.1. The maximum atomic E-state index is 13.2. The molecule has 3 rings (SSSR count). The van der Waals surface area contributed by atoms with Crippen molar-refractivity contribution in [1.82, 2.24) is 15.1 Å². The Morgan fingerprint density at radius 3 is 2.64 bits per heavy atom. The number of hydrogen-bond donors (Lipinski definition) is 3. The largest absolute Gasteiger partial charge is 0.384 e. The van der Waals surface area contributed by atoms with Gasteiger partial charge in [0.15, 0.2) is 6.29 Å². The molecule has 4 amide bonds. The van der Waals surface area contributed by atoms with Gasteiger partial charge in [0.25, 0.3) is 5.91 Å². The molecule has 10 heteroatoms. The van der Waals surface area contributed by atoms with Gasteiger partial charge in [0, 0.05) is 56.0 Å². The van der Waals surface area contributed by atoms with E-state index in [-0.39, 0.29) is 35.8 Å². The predicted molar refractivity (Wildman–Crippen MR) is 126 cm³/mol. The van der Waals surface area contributed by atoms with Crippen LogP contribution < -0.4 is 10.6 Å². The topological polar surface area (TPSA) is 116 Å². The second-order valence-electron chi connectivity index (χ2n) is 8.41. The molecule has 2 fully saturated rings. The predicted octanol–water partition coefficient (Wildman–Crippen LogP) is 1.49. The number of amides is 4. The number of benzene rings is 1. The average Bonchev–Trinajstić information content (AvgIpc) is 2.81. The molecule has 0 saturated carbocycles. The number of aldehydes is 1. The standard InChI is InChI=1S/C23H30N4O5S/c1-26(18-7-8-19(29)25-22(18)31)23(32)21-15(14-28)4-2-5-17(21)24-11-3-6-20(30)27-12-9-16(33)10-13-27/h2,4-5,14,16,18,24,33H,3,6-13H2,1H3,(H,25,29,31). The van der Waals surface area contributed by atoms with Crippen molar-refractivity contribution in [3.63, 3.8) is 0 Å². The van der Waals surface area contributed by atoms with Gasteiger partial charge in [-0.05, 0) is 31.7 Å². The minimum atomic E-state index is -0.790. The number of imide groups is 1. The fourth-order valence-electron chi connectivity index (χ4n) is 4.16. The van der Waals surface area contributed by atoms with Gasteiger partial charge >= 0.3 is 0 Å². The van der Waals surface area contributed by atoms with E-state index in [2.05, 4.69) is 23.3 Å². The Morgan fingerprint density at radius 1 is 1.24 bits per heavy atom. The molecule has 2 heterocycles. The number of anilines is 1. The monoisotopic (exact) mass is 474 g/mol. The van der Waals surface area contributed by atoms with Crippen molar-refractivity contribution in [2.45, 2.75) is 49.8 Å². The SMILES string of the molecule is CN(C(=O)c1c(C=O)cccc1NCCCC(=O)N1CCC(S)CC1)C1CCC(=O)NC1=O. The number of likely N-dealkylation sites (tertiary alicyclic amines) is 1. The molecule has 2 aliphatic heterocycles. The fraction of sp³-hybridized carbons (Fsp3) is 0.522. The van der Waals surface area contributed by atoms with Crippen molar-refractivity contribution in [2.75, 3.05) is 32.0 Å². The van der Waals surface area contributed by atoms with E-state index in [0.717, 1.165) is 25.9 Å². The maximum absolute atomic E-state index is 13.2. The van der Waals surface area contributed by atoms with Crippen LogP contribution in [-0.2, 0) is 14.4 Å². The van der Waals surface area contributed by atoms with Crippen LogP contribution in [0.4, 0.5) is 5.69 Å². The van der Waals surface area contributed by atoms with Crippen LogP contribution in [0.3, 0.4) is 0 Å². The highest BCUT2D eigenvalue weighted by Crippen LogP contribution is 2.24. The van der Waals surface area contributed by atoms with Crippen molar-refractivity contribution in [3.05, 3.63) is 29.3 Å². The molecule has 2 aliphatic rings. The third-order valence-corrected chi connectivity index (χ3v) is 6.65. The van der Waals surface area contributed by atoms with E-state index in [0.29, 0.717) is 36.6 Å². The first-order chi connectivity index (χ1) is 15.8. The van der Waals surface area contributed by atoms with Gasteiger partial charge in [-0.15, -0.1) is 0 Å². The van der Waals surface area contributed by atoms with Gasteiger partial charge in [-0.25, -0.2) is 0 Å². The maximum Gasteiger partial charge on any atom is 0.257 e. The van der Waals surface area contributed by atoms with Gasteiger partial charge in [0.05, 0.1) is 5.56 Å². The molecule has 178 valence electrons. The number of piperidine rings is 2. The van der Waals surface area contributed by atoms with Crippen LogP contribution in [0.1, 0.15) is 59.2 Å². The molecule has 0 aliphatic carbocycles. The molecule has 2 N–H and O–H groups in total. The summed E-state index contributed by atoms with van der Waals surface area (Å²) in [5, 5.41) is 5.77. The van der Waals surface area contributed by atoms with Gasteiger partial charge in [-0.2, -0.15) is 12.6 Å². The zero-order chi connectivity index (χ0) is 24.0. The van der Waals surface area contributed by atoms with E-state index in [1.165, 1.54) is 18.0 Å². The van der Waals surface area contributed by atoms with Crippen LogP contribution in [0, 0.1) is 0 Å². The van der Waals surface area contributed by atoms with Crippen molar-refractivity contribution in [3.8, 4) is 0 Å². The molecule has 0 aromatic heterocycles. The average molecular weight is 475 g/mol. The lowest BCUT2D eigenvalue weighted by molar-refractivity contribution is -0.136. The van der Waals surface area contributed by atoms with E-state index in [4.69, 9.17) is 0 Å². The highest BCUT2D eigenvalue weighted by molar-refractivity contribution is 7.80. The Bertz CT molecular complexity index is 929. The number of carbonyl (C=O) groups excluding carboxylic acids is 5. The van der Waals surface area contributed by atoms with Gasteiger partial charge < -0.3 is 15.1 Å². The molecule has 1 aromatic carbocycles. The summed E-state index contributed by atoms with van der Waals surface area (Å²) >= 11 is 4.45. The Balaban J connectivity index is 1.63. The molecule has 9 nitrogen and oxygen atoms in total. The van der Waals surface area contributed by atoms with E-state index in [1.807, 2.05) is 4.90 Å². The summed E-state index contributed by atoms with van der Waals surface area (Å²) in [7, 11) is 1.49. The van der Waals surface area contributed by atoms with Crippen LogP contribution >= 0.6 is 12.6 Å². The van der Waals surface area contributed by atoms with Crippen molar-refractivity contribution < 1.29 is 24.0 Å². The summed E-state index contributed by atoms with van der Waals surface area (Å²) in [5.74, 6) is -1.27. The Morgan fingerprint density at radius 2 is 1.97 bits per heavy atom. The van der Waals surface area contributed by atoms with Gasteiger partial charge in [-0.1, -0.05) is 12.1 Å². The smallest absolute Gasteiger partial charge is 0.257 e. The number of nitrogens with zero attached hydrogens (tertiary/aromatic N) is 2. The van der Waals surface area contributed by atoms with E-state index < -0.39 is 17.9 Å². The Labute approximate surface area is 198 Å². The van der Waals surface area contributed by atoms with Crippen LogP contribution in [0.25, 0.3) is 0 Å². The molecule has 1 aromatic rings. The van der Waals surface area contributed by atoms with Crippen molar-refractivity contribution >= 4 is 48.2 Å². The minimum absolute atomic E-state index is 0.104. The van der Waals surface area contributed by atoms with Crippen LogP contribution in [0.5, 0.6) is 0 Å². The van der Waals surface area contributed by atoms with Crippen LogP contribution in [-0.4, -0.2) is 77.7 Å². The fourth-order valence-corrected chi connectivity index (χ4v) is 4.39. The highest BCUT2D eigenvalue weighted by Gasteiger charge is 2.34. The van der Waals surface area contributed by atoms with E-state index in [1.54, 1.807) is 12.1 Å². The summed E-state index contributed by atoms with van der Waals surface area (Å²) in [4.78, 5) is 64.0.